The minimum Gasteiger partial charge on any atom is -0.386 e. The van der Waals surface area contributed by atoms with E-state index in [-0.39, 0.29) is 5.84 Å². The minimum atomic E-state index is -1.26. The van der Waals surface area contributed by atoms with Gasteiger partial charge < -0.3 is 5.73 Å². The van der Waals surface area contributed by atoms with E-state index in [4.69, 9.17) is 5.73 Å². The van der Waals surface area contributed by atoms with E-state index in [2.05, 4.69) is 17.1 Å². The molecule has 0 aromatic heterocycles. The van der Waals surface area contributed by atoms with Crippen LogP contribution in [0.3, 0.4) is 0 Å². The summed E-state index contributed by atoms with van der Waals surface area (Å²) in [7, 11) is 0. The Morgan fingerprint density at radius 3 is 2.33 bits per heavy atom. The lowest BCUT2D eigenvalue weighted by atomic mass is 9.97. The monoisotopic (exact) mass is 360 g/mol. The average Bonchev–Trinajstić information content (AvgIpc) is 3.14. The fraction of sp³-hybridized carbons (Fsp3) is 0.471. The van der Waals surface area contributed by atoms with Crippen molar-refractivity contribution in [2.24, 2.45) is 21.6 Å². The second-order valence-corrected chi connectivity index (χ2v) is 8.91. The number of benzene rings is 1. The van der Waals surface area contributed by atoms with Crippen molar-refractivity contribution in [1.82, 2.24) is 0 Å². The van der Waals surface area contributed by atoms with E-state index < -0.39 is 26.8 Å². The summed E-state index contributed by atoms with van der Waals surface area (Å²) in [5, 5.41) is 20.0. The highest BCUT2D eigenvalue weighted by molar-refractivity contribution is 8.18. The number of nitriles is 2. The van der Waals surface area contributed by atoms with E-state index in [0.717, 1.165) is 11.5 Å². The SMILES string of the molecule is CCSC1(SCC)N=C(N)C2(C#N)C(c3ccccc3F)C12C#N. The van der Waals surface area contributed by atoms with Crippen molar-refractivity contribution in [2.75, 3.05) is 11.5 Å². The smallest absolute Gasteiger partial charge is 0.175 e. The predicted molar refractivity (Wildman–Crippen MR) is 95.9 cm³/mol. The van der Waals surface area contributed by atoms with Crippen LogP contribution < -0.4 is 5.73 Å². The number of halogens is 1. The van der Waals surface area contributed by atoms with Gasteiger partial charge in [0, 0.05) is 5.92 Å². The fourth-order valence-corrected chi connectivity index (χ4v) is 7.18. The highest BCUT2D eigenvalue weighted by atomic mass is 32.2. The van der Waals surface area contributed by atoms with Crippen LogP contribution in [0.15, 0.2) is 29.3 Å². The third-order valence-electron chi connectivity index (χ3n) is 4.82. The largest absolute Gasteiger partial charge is 0.386 e. The first-order valence-corrected chi connectivity index (χ1v) is 9.69. The molecule has 1 aromatic carbocycles. The Balaban J connectivity index is 2.25. The lowest BCUT2D eigenvalue weighted by Crippen LogP contribution is -2.31. The summed E-state index contributed by atoms with van der Waals surface area (Å²) in [5.74, 6) is 0.585. The summed E-state index contributed by atoms with van der Waals surface area (Å²) in [6.45, 7) is 3.96. The van der Waals surface area contributed by atoms with Gasteiger partial charge in [-0.1, -0.05) is 32.0 Å². The number of thioether (sulfide) groups is 2. The molecular formula is C17H17FN4S2. The Morgan fingerprint density at radius 2 is 1.83 bits per heavy atom. The third kappa shape index (κ3) is 1.72. The Kier molecular flexibility index (Phi) is 4.06. The van der Waals surface area contributed by atoms with Gasteiger partial charge in [-0.15, -0.1) is 23.5 Å². The zero-order valence-electron chi connectivity index (χ0n) is 13.4. The number of rotatable bonds is 5. The zero-order valence-corrected chi connectivity index (χ0v) is 15.0. The Morgan fingerprint density at radius 1 is 1.21 bits per heavy atom. The van der Waals surface area contributed by atoms with Crippen LogP contribution in [0.2, 0.25) is 0 Å². The summed E-state index contributed by atoms with van der Waals surface area (Å²) >= 11 is 3.01. The molecule has 3 unspecified atom stereocenters. The molecule has 1 fully saturated rings. The maximum absolute atomic E-state index is 14.4. The van der Waals surface area contributed by atoms with E-state index in [9.17, 15) is 14.9 Å². The second-order valence-electron chi connectivity index (χ2n) is 5.74. The standard InChI is InChI=1S/C17H17FN4S2/c1-3-23-17(24-4-2)16(10-20)13(11-7-5-6-8-12(11)18)15(16,9-19)14(21)22-17/h5-8,13H,3-4H2,1-2H3,(H2,21,22). The van der Waals surface area contributed by atoms with E-state index in [1.165, 1.54) is 29.6 Å². The first kappa shape index (κ1) is 17.1. The Hall–Kier alpha value is -1.70. The Labute approximate surface area is 149 Å². The summed E-state index contributed by atoms with van der Waals surface area (Å²) in [4.78, 5) is 4.57. The number of amidine groups is 1. The van der Waals surface area contributed by atoms with Crippen LogP contribution in [-0.2, 0) is 0 Å². The van der Waals surface area contributed by atoms with Gasteiger partial charge in [0.25, 0.3) is 0 Å². The van der Waals surface area contributed by atoms with Crippen molar-refractivity contribution < 1.29 is 4.39 Å². The summed E-state index contributed by atoms with van der Waals surface area (Å²) in [6, 6.07) is 10.9. The van der Waals surface area contributed by atoms with E-state index in [1.807, 2.05) is 13.8 Å². The van der Waals surface area contributed by atoms with Gasteiger partial charge in [0.1, 0.15) is 22.5 Å². The first-order chi connectivity index (χ1) is 11.5. The minimum absolute atomic E-state index is 0.154. The highest BCUT2D eigenvalue weighted by Gasteiger charge is 2.92. The van der Waals surface area contributed by atoms with Gasteiger partial charge in [-0.2, -0.15) is 10.5 Å². The fourth-order valence-electron chi connectivity index (χ4n) is 3.93. The van der Waals surface area contributed by atoms with Crippen molar-refractivity contribution in [1.29, 1.82) is 10.5 Å². The molecule has 24 heavy (non-hydrogen) atoms. The van der Waals surface area contributed by atoms with Crippen LogP contribution >= 0.6 is 23.5 Å². The van der Waals surface area contributed by atoms with Crippen molar-refractivity contribution in [3.63, 3.8) is 0 Å². The molecule has 1 saturated carbocycles. The predicted octanol–water partition coefficient (Wildman–Crippen LogP) is 3.47. The van der Waals surface area contributed by atoms with E-state index in [0.29, 0.717) is 5.56 Å². The number of aliphatic imine (C=N–C) groups is 1. The molecule has 1 aliphatic carbocycles. The van der Waals surface area contributed by atoms with Gasteiger partial charge in [0.15, 0.2) is 4.20 Å². The zero-order chi connectivity index (χ0) is 17.6. The molecule has 3 rings (SSSR count). The van der Waals surface area contributed by atoms with E-state index in [1.54, 1.807) is 18.2 Å². The molecule has 3 atom stereocenters. The third-order valence-corrected chi connectivity index (χ3v) is 7.72. The van der Waals surface area contributed by atoms with Crippen molar-refractivity contribution in [3.8, 4) is 12.1 Å². The van der Waals surface area contributed by atoms with Gasteiger partial charge in [-0.05, 0) is 23.1 Å². The molecule has 1 aliphatic heterocycles. The van der Waals surface area contributed by atoms with E-state index >= 15 is 0 Å². The van der Waals surface area contributed by atoms with Gasteiger partial charge >= 0.3 is 0 Å². The molecule has 0 bridgehead atoms. The quantitative estimate of drug-likeness (QED) is 0.813. The second kappa shape index (κ2) is 5.68. The highest BCUT2D eigenvalue weighted by Crippen LogP contribution is 2.85. The molecule has 7 heteroatoms. The molecule has 124 valence electrons. The number of hydrogen-bond acceptors (Lipinski definition) is 6. The summed E-state index contributed by atoms with van der Waals surface area (Å²) < 4.78 is 13.6. The molecule has 0 radical (unpaired) electrons. The number of hydrogen-bond donors (Lipinski definition) is 1. The van der Waals surface area contributed by atoms with Gasteiger partial charge in [-0.3, -0.25) is 0 Å². The van der Waals surface area contributed by atoms with Gasteiger partial charge in [0.2, 0.25) is 0 Å². The first-order valence-electron chi connectivity index (χ1n) is 7.72. The molecule has 1 heterocycles. The summed E-state index contributed by atoms with van der Waals surface area (Å²) in [6.07, 6.45) is 0. The lowest BCUT2D eigenvalue weighted by Gasteiger charge is -2.31. The number of nitrogens with zero attached hydrogens (tertiary/aromatic N) is 3. The van der Waals surface area contributed by atoms with Crippen LogP contribution in [-0.4, -0.2) is 21.5 Å². The van der Waals surface area contributed by atoms with Crippen molar-refractivity contribution in [2.45, 2.75) is 24.0 Å². The van der Waals surface area contributed by atoms with Crippen LogP contribution in [0.25, 0.3) is 0 Å². The average molecular weight is 360 g/mol. The molecule has 4 nitrogen and oxygen atoms in total. The van der Waals surface area contributed by atoms with Gasteiger partial charge in [0.05, 0.1) is 12.1 Å². The number of fused-ring (bicyclic) bond motifs is 1. The van der Waals surface area contributed by atoms with Crippen LogP contribution in [0, 0.1) is 39.3 Å². The summed E-state index contributed by atoms with van der Waals surface area (Å²) in [5.41, 5.74) is 4.13. The topological polar surface area (TPSA) is 86.0 Å². The molecule has 0 amide bonds. The molecule has 0 saturated heterocycles. The molecule has 2 aliphatic rings. The van der Waals surface area contributed by atoms with Crippen molar-refractivity contribution >= 4 is 29.4 Å². The molecule has 2 N–H and O–H groups in total. The number of nitrogens with two attached hydrogens (primary N) is 1. The lowest BCUT2D eigenvalue weighted by molar-refractivity contribution is 0.551. The van der Waals surface area contributed by atoms with Crippen molar-refractivity contribution in [3.05, 3.63) is 35.6 Å². The molecule has 0 spiro atoms. The van der Waals surface area contributed by atoms with Crippen LogP contribution in [0.4, 0.5) is 4.39 Å². The van der Waals surface area contributed by atoms with Gasteiger partial charge in [-0.25, -0.2) is 9.38 Å². The van der Waals surface area contributed by atoms with Crippen LogP contribution in [0.1, 0.15) is 25.3 Å². The normalized spacial score (nSPS) is 32.4. The molecule has 1 aromatic rings. The Bertz CT molecular complexity index is 791. The maximum Gasteiger partial charge on any atom is 0.175 e. The van der Waals surface area contributed by atoms with Crippen LogP contribution in [0.5, 0.6) is 0 Å². The molecular weight excluding hydrogens is 343 g/mol. The maximum atomic E-state index is 14.4.